The fourth-order valence-corrected chi connectivity index (χ4v) is 5.75. The van der Waals surface area contributed by atoms with Crippen LogP contribution in [0.15, 0.2) is 29.2 Å². The molecule has 150 valence electrons. The first kappa shape index (κ1) is 20.5. The summed E-state index contributed by atoms with van der Waals surface area (Å²) in [6.45, 7) is 7.48. The Hall–Kier alpha value is -1.19. The molecule has 0 aromatic heterocycles. The summed E-state index contributed by atoms with van der Waals surface area (Å²) >= 11 is 6.06. The van der Waals surface area contributed by atoms with E-state index in [4.69, 9.17) is 16.3 Å². The number of nitrogens with zero attached hydrogens (tertiary/aromatic N) is 2. The number of quaternary nitrogens is 1. The van der Waals surface area contributed by atoms with Gasteiger partial charge >= 0.3 is 0 Å². The molecule has 2 saturated heterocycles. The van der Waals surface area contributed by atoms with E-state index in [2.05, 4.69) is 0 Å². The molecule has 3 rings (SSSR count). The second-order valence-electron chi connectivity index (χ2n) is 7.31. The quantitative estimate of drug-likeness (QED) is 0.742. The van der Waals surface area contributed by atoms with Gasteiger partial charge in [-0.15, -0.1) is 0 Å². The van der Waals surface area contributed by atoms with Gasteiger partial charge in [-0.3, -0.25) is 4.79 Å². The molecule has 0 radical (unpaired) electrons. The van der Waals surface area contributed by atoms with Crippen molar-refractivity contribution < 1.29 is 22.8 Å². The SMILES string of the molecule is C[C@H]1C[NH+](CC(=O)N2CCN(S(=O)(=O)c3ccccc3Cl)CC2)C[C@H](C)O1. The second-order valence-corrected chi connectivity index (χ2v) is 9.62. The number of halogens is 1. The number of benzene rings is 1. The van der Waals surface area contributed by atoms with Gasteiger partial charge in [0.15, 0.2) is 6.54 Å². The van der Waals surface area contributed by atoms with Crippen LogP contribution in [0.1, 0.15) is 13.8 Å². The lowest BCUT2D eigenvalue weighted by Gasteiger charge is -2.36. The average Bonchev–Trinajstić information content (AvgIpc) is 2.61. The smallest absolute Gasteiger partial charge is 0.277 e. The lowest BCUT2D eigenvalue weighted by atomic mass is 10.2. The Morgan fingerprint density at radius 2 is 1.74 bits per heavy atom. The molecule has 2 aliphatic heterocycles. The van der Waals surface area contributed by atoms with Crippen molar-refractivity contribution in [3.8, 4) is 0 Å². The Morgan fingerprint density at radius 3 is 2.33 bits per heavy atom. The minimum atomic E-state index is -3.64. The largest absolute Gasteiger partial charge is 0.364 e. The molecule has 2 heterocycles. The van der Waals surface area contributed by atoms with Crippen LogP contribution in [0.4, 0.5) is 0 Å². The fourth-order valence-electron chi connectivity index (χ4n) is 3.83. The number of carbonyl (C=O) groups is 1. The van der Waals surface area contributed by atoms with Crippen LogP contribution in [0, 0.1) is 0 Å². The van der Waals surface area contributed by atoms with Crippen molar-refractivity contribution in [1.29, 1.82) is 0 Å². The van der Waals surface area contributed by atoms with Crippen LogP contribution in [0.2, 0.25) is 5.02 Å². The van der Waals surface area contributed by atoms with Crippen LogP contribution in [-0.2, 0) is 19.6 Å². The first-order valence-corrected chi connectivity index (χ1v) is 11.1. The number of piperazine rings is 1. The summed E-state index contributed by atoms with van der Waals surface area (Å²) in [6.07, 6.45) is 0.295. The summed E-state index contributed by atoms with van der Waals surface area (Å²) in [7, 11) is -3.64. The molecule has 0 spiro atoms. The molecule has 0 unspecified atom stereocenters. The summed E-state index contributed by atoms with van der Waals surface area (Å²) in [6, 6.07) is 6.44. The standard InChI is InChI=1S/C18H26ClN3O4S/c1-14-11-20(12-15(2)26-14)13-18(23)21-7-9-22(10-8-21)27(24,25)17-6-4-3-5-16(17)19/h3-6,14-15H,7-13H2,1-2H3/p+1/t14-,15-/m0/s1. The molecular weight excluding hydrogens is 390 g/mol. The maximum absolute atomic E-state index is 12.8. The molecule has 2 aliphatic rings. The minimum absolute atomic E-state index is 0.0705. The Labute approximate surface area is 165 Å². The van der Waals surface area contributed by atoms with Crippen molar-refractivity contribution in [2.24, 2.45) is 0 Å². The molecule has 1 aromatic carbocycles. The fraction of sp³-hybridized carbons (Fsp3) is 0.611. The van der Waals surface area contributed by atoms with E-state index < -0.39 is 10.0 Å². The van der Waals surface area contributed by atoms with Crippen LogP contribution in [0.25, 0.3) is 0 Å². The molecule has 9 heteroatoms. The van der Waals surface area contributed by atoms with Gasteiger partial charge in [0.1, 0.15) is 30.2 Å². The van der Waals surface area contributed by atoms with Gasteiger partial charge in [0.05, 0.1) is 5.02 Å². The zero-order valence-electron chi connectivity index (χ0n) is 15.7. The number of ether oxygens (including phenoxy) is 1. The van der Waals surface area contributed by atoms with E-state index in [0.717, 1.165) is 13.1 Å². The highest BCUT2D eigenvalue weighted by molar-refractivity contribution is 7.89. The van der Waals surface area contributed by atoms with E-state index in [1.165, 1.54) is 15.3 Å². The third-order valence-corrected chi connectivity index (χ3v) is 7.46. The Balaban J connectivity index is 1.57. The van der Waals surface area contributed by atoms with Crippen LogP contribution in [-0.4, -0.2) is 81.6 Å². The summed E-state index contributed by atoms with van der Waals surface area (Å²) in [4.78, 5) is 15.7. The van der Waals surface area contributed by atoms with E-state index in [0.29, 0.717) is 19.6 Å². The molecule has 2 fully saturated rings. The molecule has 0 bridgehead atoms. The van der Waals surface area contributed by atoms with Gasteiger partial charge in [-0.05, 0) is 26.0 Å². The highest BCUT2D eigenvalue weighted by Gasteiger charge is 2.33. The van der Waals surface area contributed by atoms with E-state index in [9.17, 15) is 13.2 Å². The van der Waals surface area contributed by atoms with Gasteiger partial charge in [0, 0.05) is 26.2 Å². The third-order valence-electron chi connectivity index (χ3n) is 5.06. The van der Waals surface area contributed by atoms with E-state index in [1.807, 2.05) is 13.8 Å². The van der Waals surface area contributed by atoms with Crippen molar-refractivity contribution in [3.63, 3.8) is 0 Å². The van der Waals surface area contributed by atoms with E-state index in [1.54, 1.807) is 23.1 Å². The third kappa shape index (κ3) is 4.81. The van der Waals surface area contributed by atoms with Gasteiger partial charge in [-0.25, -0.2) is 8.42 Å². The summed E-state index contributed by atoms with van der Waals surface area (Å²) in [5, 5.41) is 0.218. The number of rotatable bonds is 4. The topological polar surface area (TPSA) is 71.4 Å². The molecule has 7 nitrogen and oxygen atoms in total. The Bertz CT molecular complexity index is 771. The highest BCUT2D eigenvalue weighted by Crippen LogP contribution is 2.24. The average molecular weight is 417 g/mol. The molecular formula is C18H27ClN3O4S+. The number of hydrogen-bond acceptors (Lipinski definition) is 4. The number of hydrogen-bond donors (Lipinski definition) is 1. The number of amides is 1. The van der Waals surface area contributed by atoms with Gasteiger partial charge in [0.2, 0.25) is 10.0 Å². The van der Waals surface area contributed by atoms with Crippen molar-refractivity contribution in [1.82, 2.24) is 9.21 Å². The van der Waals surface area contributed by atoms with Gasteiger partial charge in [0.25, 0.3) is 5.91 Å². The van der Waals surface area contributed by atoms with Crippen molar-refractivity contribution in [2.45, 2.75) is 31.0 Å². The summed E-state index contributed by atoms with van der Waals surface area (Å²) in [5.74, 6) is 0.0705. The van der Waals surface area contributed by atoms with E-state index in [-0.39, 0.29) is 41.1 Å². The molecule has 1 N–H and O–H groups in total. The summed E-state index contributed by atoms with van der Waals surface area (Å²) in [5.41, 5.74) is 0. The van der Waals surface area contributed by atoms with Crippen molar-refractivity contribution in [3.05, 3.63) is 29.3 Å². The van der Waals surface area contributed by atoms with E-state index >= 15 is 0 Å². The monoisotopic (exact) mass is 416 g/mol. The normalized spacial score (nSPS) is 27.5. The van der Waals surface area contributed by atoms with Crippen LogP contribution >= 0.6 is 11.6 Å². The molecule has 0 aliphatic carbocycles. The number of carbonyl (C=O) groups excluding carboxylic acids is 1. The maximum Gasteiger partial charge on any atom is 0.277 e. The lowest BCUT2D eigenvalue weighted by Crippen LogP contribution is -3.16. The predicted octanol–water partition coefficient (Wildman–Crippen LogP) is -0.135. The molecule has 27 heavy (non-hydrogen) atoms. The second kappa shape index (κ2) is 8.45. The number of nitrogens with one attached hydrogen (secondary N) is 1. The van der Waals surface area contributed by atoms with Crippen LogP contribution in [0.5, 0.6) is 0 Å². The molecule has 2 atom stereocenters. The Morgan fingerprint density at radius 1 is 1.15 bits per heavy atom. The minimum Gasteiger partial charge on any atom is -0.364 e. The lowest BCUT2D eigenvalue weighted by molar-refractivity contribution is -0.907. The van der Waals surface area contributed by atoms with Crippen molar-refractivity contribution in [2.75, 3.05) is 45.8 Å². The maximum atomic E-state index is 12.8. The van der Waals surface area contributed by atoms with Gasteiger partial charge in [-0.2, -0.15) is 4.31 Å². The van der Waals surface area contributed by atoms with Crippen molar-refractivity contribution >= 4 is 27.5 Å². The predicted molar refractivity (Wildman–Crippen MR) is 102 cm³/mol. The highest BCUT2D eigenvalue weighted by atomic mass is 35.5. The molecule has 1 aromatic rings. The van der Waals surface area contributed by atoms with Gasteiger partial charge in [-0.1, -0.05) is 23.7 Å². The number of sulfonamides is 1. The molecule has 0 saturated carbocycles. The number of morpholine rings is 1. The van der Waals surface area contributed by atoms with Crippen LogP contribution < -0.4 is 4.90 Å². The molecule has 1 amide bonds. The first-order chi connectivity index (χ1) is 12.8. The Kier molecular flexibility index (Phi) is 6.43. The first-order valence-electron chi connectivity index (χ1n) is 9.29. The zero-order valence-corrected chi connectivity index (χ0v) is 17.3. The van der Waals surface area contributed by atoms with Gasteiger partial charge < -0.3 is 14.5 Å². The van der Waals surface area contributed by atoms with Crippen LogP contribution in [0.3, 0.4) is 0 Å². The summed E-state index contributed by atoms with van der Waals surface area (Å²) < 4.78 is 32.7. The zero-order chi connectivity index (χ0) is 19.6.